The number of nitrogens with one attached hydrogen (secondary N) is 1. The third kappa shape index (κ3) is 3.71. The lowest BCUT2D eigenvalue weighted by atomic mass is 10.1. The molecule has 0 radical (unpaired) electrons. The van der Waals surface area contributed by atoms with E-state index in [1.807, 2.05) is 23.6 Å². The summed E-state index contributed by atoms with van der Waals surface area (Å²) in [6.07, 6.45) is 1.89. The van der Waals surface area contributed by atoms with Gasteiger partial charge in [-0.05, 0) is 31.9 Å². The van der Waals surface area contributed by atoms with Crippen LogP contribution in [0.1, 0.15) is 26.2 Å². The van der Waals surface area contributed by atoms with Crippen LogP contribution in [0.3, 0.4) is 0 Å². The molecule has 0 aliphatic carbocycles. The van der Waals surface area contributed by atoms with Crippen molar-refractivity contribution in [2.75, 3.05) is 23.3 Å². The maximum Gasteiger partial charge on any atom is 0.332 e. The molecule has 11 heteroatoms. The molecule has 4 heterocycles. The van der Waals surface area contributed by atoms with E-state index in [0.717, 1.165) is 24.0 Å². The number of nitrogens with zero attached hydrogens (tertiary/aromatic N) is 6. The number of carbonyl (C=O) groups is 1. The van der Waals surface area contributed by atoms with E-state index in [1.54, 1.807) is 19.2 Å². The van der Waals surface area contributed by atoms with E-state index in [-0.39, 0.29) is 24.9 Å². The van der Waals surface area contributed by atoms with Crippen molar-refractivity contribution in [2.24, 2.45) is 17.8 Å². The van der Waals surface area contributed by atoms with E-state index in [4.69, 9.17) is 10.7 Å². The average molecular weight is 465 g/mol. The smallest absolute Gasteiger partial charge is 0.332 e. The van der Waals surface area contributed by atoms with Crippen LogP contribution in [-0.4, -0.2) is 49.4 Å². The maximum absolute atomic E-state index is 13.6. The molecule has 2 aliphatic heterocycles. The Bertz CT molecular complexity index is 1430. The molecule has 1 amide bonds. The van der Waals surface area contributed by atoms with Gasteiger partial charge in [-0.3, -0.25) is 23.7 Å². The normalized spacial score (nSPS) is 18.4. The molecule has 3 aromatic rings. The zero-order valence-corrected chi connectivity index (χ0v) is 19.3. The predicted molar refractivity (Wildman–Crippen MR) is 131 cm³/mol. The first kappa shape index (κ1) is 22.1. The van der Waals surface area contributed by atoms with Crippen molar-refractivity contribution in [1.82, 2.24) is 18.7 Å². The average Bonchev–Trinajstić information content (AvgIpc) is 3.13. The molecule has 1 unspecified atom stereocenters. The van der Waals surface area contributed by atoms with Crippen LogP contribution in [0.4, 0.5) is 17.3 Å². The number of imidazole rings is 1. The highest BCUT2D eigenvalue weighted by Crippen LogP contribution is 2.27. The van der Waals surface area contributed by atoms with Crippen molar-refractivity contribution < 1.29 is 4.79 Å². The molecular formula is C23H28N8O3. The molecule has 2 aromatic heterocycles. The number of aromatic nitrogens is 4. The largest absolute Gasteiger partial charge is 0.341 e. The summed E-state index contributed by atoms with van der Waals surface area (Å²) in [5.41, 5.74) is 7.56. The Morgan fingerprint density at radius 1 is 1.18 bits per heavy atom. The summed E-state index contributed by atoms with van der Waals surface area (Å²) in [5, 5.41) is 2.82. The number of carbonyl (C=O) groups excluding carboxylic acids is 1. The number of hydrogen-bond acceptors (Lipinski definition) is 7. The molecule has 1 aromatic carbocycles. The fraction of sp³-hybridized carbons (Fsp3) is 0.435. The molecular weight excluding hydrogens is 436 g/mol. The lowest BCUT2D eigenvalue weighted by Gasteiger charge is -2.31. The van der Waals surface area contributed by atoms with Crippen molar-refractivity contribution in [1.29, 1.82) is 0 Å². The van der Waals surface area contributed by atoms with E-state index in [9.17, 15) is 14.4 Å². The molecule has 3 N–H and O–H groups in total. The number of rotatable bonds is 4. The van der Waals surface area contributed by atoms with E-state index in [2.05, 4.69) is 15.2 Å². The maximum atomic E-state index is 13.6. The topological polar surface area (TPSA) is 133 Å². The summed E-state index contributed by atoms with van der Waals surface area (Å²) in [5.74, 6) is 0.412. The second kappa shape index (κ2) is 8.56. The Labute approximate surface area is 195 Å². The Balaban J connectivity index is 1.63. The number of hydrogen-bond donors (Lipinski definition) is 2. The fourth-order valence-electron chi connectivity index (χ4n) is 4.77. The van der Waals surface area contributed by atoms with Crippen molar-refractivity contribution in [2.45, 2.75) is 45.3 Å². The molecule has 2 aliphatic rings. The molecule has 11 nitrogen and oxygen atoms in total. The summed E-state index contributed by atoms with van der Waals surface area (Å²) in [6, 6.07) is 7.23. The van der Waals surface area contributed by atoms with Gasteiger partial charge >= 0.3 is 5.69 Å². The first-order valence-electron chi connectivity index (χ1n) is 11.5. The third-order valence-electron chi connectivity index (χ3n) is 6.43. The van der Waals surface area contributed by atoms with Crippen LogP contribution in [-0.2, 0) is 24.9 Å². The van der Waals surface area contributed by atoms with Crippen LogP contribution < -0.4 is 27.2 Å². The molecule has 0 saturated carbocycles. The zero-order chi connectivity index (χ0) is 24.0. The molecule has 178 valence electrons. The van der Waals surface area contributed by atoms with Gasteiger partial charge in [0, 0.05) is 38.4 Å². The molecule has 0 spiro atoms. The lowest BCUT2D eigenvalue weighted by molar-refractivity contribution is -0.115. The highest BCUT2D eigenvalue weighted by molar-refractivity contribution is 6.10. The Hall–Kier alpha value is -3.73. The van der Waals surface area contributed by atoms with Gasteiger partial charge in [-0.15, -0.1) is 0 Å². The number of para-hydroxylation sites is 2. The van der Waals surface area contributed by atoms with Crippen molar-refractivity contribution in [3.05, 3.63) is 45.1 Å². The molecule has 5 rings (SSSR count). The minimum Gasteiger partial charge on any atom is -0.341 e. The highest BCUT2D eigenvalue weighted by Gasteiger charge is 2.26. The fourth-order valence-corrected chi connectivity index (χ4v) is 4.77. The van der Waals surface area contributed by atoms with E-state index in [1.165, 1.54) is 4.57 Å². The lowest BCUT2D eigenvalue weighted by Crippen LogP contribution is -2.44. The first-order valence-corrected chi connectivity index (χ1v) is 11.5. The van der Waals surface area contributed by atoms with E-state index in [0.29, 0.717) is 47.3 Å². The van der Waals surface area contributed by atoms with Crippen molar-refractivity contribution in [3.8, 4) is 0 Å². The minimum absolute atomic E-state index is 0.00767. The summed E-state index contributed by atoms with van der Waals surface area (Å²) < 4.78 is 4.38. The monoisotopic (exact) mass is 464 g/mol. The molecule has 34 heavy (non-hydrogen) atoms. The SMILES string of the molecule is CCn1c(N2CCCC(N)C2)nc2c1c(=O)n(CC1=Nc3ccccc3NC(=O)C1)c(=O)n2C. The van der Waals surface area contributed by atoms with Gasteiger partial charge in [0.05, 0.1) is 24.3 Å². The van der Waals surface area contributed by atoms with Gasteiger partial charge in [0.25, 0.3) is 5.56 Å². The quantitative estimate of drug-likeness (QED) is 0.591. The number of aryl methyl sites for hydroxylation is 2. The first-order chi connectivity index (χ1) is 16.4. The Kier molecular flexibility index (Phi) is 5.56. The molecule has 1 atom stereocenters. The van der Waals surface area contributed by atoms with Gasteiger partial charge < -0.3 is 20.5 Å². The number of aliphatic imine (C=N–C) groups is 1. The predicted octanol–water partition coefficient (Wildman–Crippen LogP) is 0.959. The van der Waals surface area contributed by atoms with Crippen LogP contribution in [0.5, 0.6) is 0 Å². The summed E-state index contributed by atoms with van der Waals surface area (Å²) in [6.45, 7) is 3.82. The number of amides is 1. The second-order valence-corrected chi connectivity index (χ2v) is 8.83. The summed E-state index contributed by atoms with van der Waals surface area (Å²) in [4.78, 5) is 50.6. The number of nitrogens with two attached hydrogens (primary N) is 1. The van der Waals surface area contributed by atoms with Crippen molar-refractivity contribution in [3.63, 3.8) is 0 Å². The van der Waals surface area contributed by atoms with Crippen LogP contribution in [0, 0.1) is 0 Å². The Morgan fingerprint density at radius 3 is 2.74 bits per heavy atom. The van der Waals surface area contributed by atoms with Gasteiger partial charge in [0.2, 0.25) is 11.9 Å². The number of benzene rings is 1. The minimum atomic E-state index is -0.499. The van der Waals surface area contributed by atoms with Gasteiger partial charge in [0.15, 0.2) is 11.2 Å². The second-order valence-electron chi connectivity index (χ2n) is 8.83. The standard InChI is InChI=1S/C23H28N8O3/c1-3-30-19-20(27-22(30)29-10-6-7-14(24)12-29)28(2)23(34)31(21(19)33)13-15-11-18(32)26-17-9-5-4-8-16(17)25-15/h4-5,8-9,14H,3,6-7,10-13,24H2,1-2H3,(H,26,32). The van der Waals surface area contributed by atoms with Gasteiger partial charge in [-0.25, -0.2) is 4.79 Å². The Morgan fingerprint density at radius 2 is 1.97 bits per heavy atom. The van der Waals surface area contributed by atoms with Crippen LogP contribution in [0.15, 0.2) is 38.8 Å². The molecule has 1 fully saturated rings. The summed E-state index contributed by atoms with van der Waals surface area (Å²) in [7, 11) is 1.61. The number of anilines is 2. The summed E-state index contributed by atoms with van der Waals surface area (Å²) >= 11 is 0. The van der Waals surface area contributed by atoms with Crippen LogP contribution in [0.2, 0.25) is 0 Å². The number of fused-ring (bicyclic) bond motifs is 2. The molecule has 0 bridgehead atoms. The van der Waals surface area contributed by atoms with Gasteiger partial charge in [-0.2, -0.15) is 4.98 Å². The highest BCUT2D eigenvalue weighted by atomic mass is 16.2. The van der Waals surface area contributed by atoms with E-state index >= 15 is 0 Å². The van der Waals surface area contributed by atoms with Crippen LogP contribution >= 0.6 is 0 Å². The zero-order valence-electron chi connectivity index (χ0n) is 19.3. The third-order valence-corrected chi connectivity index (χ3v) is 6.43. The van der Waals surface area contributed by atoms with E-state index < -0.39 is 11.2 Å². The number of piperidine rings is 1. The molecule has 1 saturated heterocycles. The van der Waals surface area contributed by atoms with Gasteiger partial charge in [-0.1, -0.05) is 12.1 Å². The van der Waals surface area contributed by atoms with Gasteiger partial charge in [0.1, 0.15) is 0 Å². The van der Waals surface area contributed by atoms with Crippen LogP contribution in [0.25, 0.3) is 11.2 Å². The van der Waals surface area contributed by atoms with Crippen molar-refractivity contribution >= 4 is 40.1 Å².